The first kappa shape index (κ1) is 15.7. The first-order chi connectivity index (χ1) is 10.4. The molecule has 8 nitrogen and oxygen atoms in total. The molecule has 1 amide bonds. The summed E-state index contributed by atoms with van der Waals surface area (Å²) in [7, 11) is 0. The summed E-state index contributed by atoms with van der Waals surface area (Å²) in [4.78, 5) is 22.6. The van der Waals surface area contributed by atoms with Crippen molar-refractivity contribution in [1.82, 2.24) is 15.1 Å². The van der Waals surface area contributed by atoms with E-state index in [9.17, 15) is 14.9 Å². The van der Waals surface area contributed by atoms with Gasteiger partial charge in [0, 0.05) is 0 Å². The fourth-order valence-corrected chi connectivity index (χ4v) is 2.23. The maximum absolute atomic E-state index is 12.1. The Labute approximate surface area is 127 Å². The normalized spacial score (nSPS) is 12.1. The number of hydrogen-bond acceptors (Lipinski definition) is 5. The van der Waals surface area contributed by atoms with Crippen molar-refractivity contribution in [2.24, 2.45) is 5.92 Å². The summed E-state index contributed by atoms with van der Waals surface area (Å²) in [6, 6.07) is 3.52. The molecule has 0 aromatic carbocycles. The molecule has 1 atom stereocenters. The van der Waals surface area contributed by atoms with Crippen molar-refractivity contribution in [3.63, 3.8) is 0 Å². The highest BCUT2D eigenvalue weighted by Crippen LogP contribution is 2.22. The molecule has 0 bridgehead atoms. The highest BCUT2D eigenvalue weighted by molar-refractivity contribution is 5.78. The van der Waals surface area contributed by atoms with Gasteiger partial charge in [-0.05, 0) is 26.0 Å². The fourth-order valence-electron chi connectivity index (χ4n) is 2.23. The highest BCUT2D eigenvalue weighted by Gasteiger charge is 2.24. The van der Waals surface area contributed by atoms with Crippen molar-refractivity contribution in [3.8, 4) is 0 Å². The number of rotatable bonds is 6. The number of amides is 1. The third kappa shape index (κ3) is 3.33. The smallest absolute Gasteiger partial charge is 0.312 e. The molecule has 0 saturated carbocycles. The zero-order valence-electron chi connectivity index (χ0n) is 12.7. The van der Waals surface area contributed by atoms with Crippen LogP contribution >= 0.6 is 0 Å². The van der Waals surface area contributed by atoms with Crippen LogP contribution in [0.15, 0.2) is 22.8 Å². The first-order valence-corrected chi connectivity index (χ1v) is 6.88. The van der Waals surface area contributed by atoms with Gasteiger partial charge in [-0.25, -0.2) is 0 Å². The summed E-state index contributed by atoms with van der Waals surface area (Å²) in [5.74, 6) is 0.140. The molecule has 2 aromatic heterocycles. The van der Waals surface area contributed by atoms with Crippen LogP contribution in [0, 0.1) is 29.9 Å². The molecule has 1 unspecified atom stereocenters. The molecule has 8 heteroatoms. The second kappa shape index (κ2) is 6.42. The molecular formula is C14H18N4O4. The monoisotopic (exact) mass is 306 g/mol. The minimum atomic E-state index is -0.449. The standard InChI is InChI=1S/C14H18N4O4/c1-9(14(19)15-7-12-5-4-6-22-12)8-17-11(3)13(18(20)21)10(2)16-17/h4-6,9H,7-8H2,1-3H3,(H,15,19). The van der Waals surface area contributed by atoms with Gasteiger partial charge in [-0.2, -0.15) is 5.10 Å². The van der Waals surface area contributed by atoms with Crippen molar-refractivity contribution in [2.75, 3.05) is 0 Å². The quantitative estimate of drug-likeness (QED) is 0.649. The van der Waals surface area contributed by atoms with E-state index in [1.807, 2.05) is 0 Å². The number of aromatic nitrogens is 2. The molecule has 2 heterocycles. The van der Waals surface area contributed by atoms with Gasteiger partial charge in [-0.15, -0.1) is 0 Å². The Hall–Kier alpha value is -2.64. The summed E-state index contributed by atoms with van der Waals surface area (Å²) in [6.07, 6.45) is 1.54. The van der Waals surface area contributed by atoms with Gasteiger partial charge < -0.3 is 9.73 Å². The van der Waals surface area contributed by atoms with Gasteiger partial charge in [0.1, 0.15) is 17.1 Å². The van der Waals surface area contributed by atoms with Crippen LogP contribution in [0.3, 0.4) is 0 Å². The molecule has 0 aliphatic rings. The summed E-state index contributed by atoms with van der Waals surface area (Å²) >= 11 is 0. The van der Waals surface area contributed by atoms with Gasteiger partial charge in [-0.1, -0.05) is 6.92 Å². The highest BCUT2D eigenvalue weighted by atomic mass is 16.6. The zero-order chi connectivity index (χ0) is 16.3. The summed E-state index contributed by atoms with van der Waals surface area (Å²) in [6.45, 7) is 5.56. The lowest BCUT2D eigenvalue weighted by atomic mass is 10.1. The molecule has 0 spiro atoms. The van der Waals surface area contributed by atoms with E-state index < -0.39 is 4.92 Å². The van der Waals surface area contributed by atoms with Crippen molar-refractivity contribution in [1.29, 1.82) is 0 Å². The SMILES string of the molecule is Cc1nn(CC(C)C(=O)NCc2ccco2)c(C)c1[N+](=O)[O-]. The molecule has 22 heavy (non-hydrogen) atoms. The number of nitrogens with one attached hydrogen (secondary N) is 1. The van der Waals surface area contributed by atoms with Gasteiger partial charge in [0.25, 0.3) is 0 Å². The molecule has 2 aromatic rings. The average molecular weight is 306 g/mol. The first-order valence-electron chi connectivity index (χ1n) is 6.88. The van der Waals surface area contributed by atoms with Gasteiger partial charge in [0.05, 0.1) is 30.2 Å². The Morgan fingerprint density at radius 1 is 1.55 bits per heavy atom. The van der Waals surface area contributed by atoms with Gasteiger partial charge in [0.15, 0.2) is 0 Å². The Morgan fingerprint density at radius 3 is 2.82 bits per heavy atom. The van der Waals surface area contributed by atoms with Gasteiger partial charge >= 0.3 is 5.69 Å². The molecule has 0 radical (unpaired) electrons. The Balaban J connectivity index is 1.99. The Bertz CT molecular complexity index is 675. The lowest BCUT2D eigenvalue weighted by Gasteiger charge is -2.12. The number of nitro groups is 1. The van der Waals surface area contributed by atoms with Crippen molar-refractivity contribution < 1.29 is 14.1 Å². The minimum absolute atomic E-state index is 0.00296. The number of carbonyl (C=O) groups is 1. The van der Waals surface area contributed by atoms with E-state index >= 15 is 0 Å². The summed E-state index contributed by atoms with van der Waals surface area (Å²) in [5, 5.41) is 17.9. The number of carbonyl (C=O) groups excluding carboxylic acids is 1. The van der Waals surface area contributed by atoms with Crippen molar-refractivity contribution in [2.45, 2.75) is 33.9 Å². The number of furan rings is 1. The van der Waals surface area contributed by atoms with Crippen LogP contribution in [0.2, 0.25) is 0 Å². The Kier molecular flexibility index (Phi) is 4.59. The second-order valence-corrected chi connectivity index (χ2v) is 5.16. The van der Waals surface area contributed by atoms with Gasteiger partial charge in [-0.3, -0.25) is 19.6 Å². The fraction of sp³-hybridized carbons (Fsp3) is 0.429. The summed E-state index contributed by atoms with van der Waals surface area (Å²) in [5.41, 5.74) is 0.807. The summed E-state index contributed by atoms with van der Waals surface area (Å²) < 4.78 is 6.64. The van der Waals surface area contributed by atoms with E-state index in [1.165, 1.54) is 4.68 Å². The predicted octanol–water partition coefficient (Wildman–Crippen LogP) is 1.95. The van der Waals surface area contributed by atoms with E-state index in [4.69, 9.17) is 4.42 Å². The largest absolute Gasteiger partial charge is 0.467 e. The maximum Gasteiger partial charge on any atom is 0.312 e. The van der Waals surface area contributed by atoms with Crippen LogP contribution in [0.25, 0.3) is 0 Å². The number of hydrogen-bond donors (Lipinski definition) is 1. The molecule has 0 saturated heterocycles. The van der Waals surface area contributed by atoms with Crippen LogP contribution in [-0.4, -0.2) is 20.6 Å². The maximum atomic E-state index is 12.1. The lowest BCUT2D eigenvalue weighted by molar-refractivity contribution is -0.386. The average Bonchev–Trinajstić information content (AvgIpc) is 3.05. The lowest BCUT2D eigenvalue weighted by Crippen LogP contribution is -2.31. The van der Waals surface area contributed by atoms with E-state index in [2.05, 4.69) is 10.4 Å². The topological polar surface area (TPSA) is 103 Å². The van der Waals surface area contributed by atoms with Crippen LogP contribution in [0.4, 0.5) is 5.69 Å². The number of nitrogens with zero attached hydrogens (tertiary/aromatic N) is 3. The van der Waals surface area contributed by atoms with Crippen molar-refractivity contribution >= 4 is 11.6 Å². The molecule has 0 fully saturated rings. The van der Waals surface area contributed by atoms with Crippen LogP contribution in [0.1, 0.15) is 24.1 Å². The molecule has 118 valence electrons. The Morgan fingerprint density at radius 2 is 2.27 bits per heavy atom. The number of aryl methyl sites for hydroxylation is 1. The van der Waals surface area contributed by atoms with Crippen molar-refractivity contribution in [3.05, 3.63) is 45.7 Å². The second-order valence-electron chi connectivity index (χ2n) is 5.16. The van der Waals surface area contributed by atoms with E-state index in [1.54, 1.807) is 39.2 Å². The molecule has 2 rings (SSSR count). The third-order valence-corrected chi connectivity index (χ3v) is 3.44. The molecule has 0 aliphatic heterocycles. The zero-order valence-corrected chi connectivity index (χ0v) is 12.7. The van der Waals surface area contributed by atoms with Gasteiger partial charge in [0.2, 0.25) is 5.91 Å². The molecule has 1 N–H and O–H groups in total. The van der Waals surface area contributed by atoms with Crippen LogP contribution in [-0.2, 0) is 17.9 Å². The van der Waals surface area contributed by atoms with Crippen LogP contribution in [0.5, 0.6) is 0 Å². The minimum Gasteiger partial charge on any atom is -0.467 e. The third-order valence-electron chi connectivity index (χ3n) is 3.44. The van der Waals surface area contributed by atoms with E-state index in [-0.39, 0.29) is 24.1 Å². The molecular weight excluding hydrogens is 288 g/mol. The van der Waals surface area contributed by atoms with Crippen LogP contribution < -0.4 is 5.32 Å². The predicted molar refractivity (Wildman–Crippen MR) is 78.1 cm³/mol. The molecule has 0 aliphatic carbocycles. The van der Waals surface area contributed by atoms with E-state index in [0.29, 0.717) is 23.7 Å². The van der Waals surface area contributed by atoms with E-state index in [0.717, 1.165) is 0 Å².